The monoisotopic (exact) mass is 207 g/mol. The van der Waals surface area contributed by atoms with Gasteiger partial charge in [-0.05, 0) is 24.1 Å². The molecule has 2 amide bonds. The van der Waals surface area contributed by atoms with Gasteiger partial charge in [0, 0.05) is 26.3 Å². The second kappa shape index (κ2) is 4.79. The van der Waals surface area contributed by atoms with E-state index in [1.807, 2.05) is 25.1 Å². The van der Waals surface area contributed by atoms with Crippen molar-refractivity contribution in [3.8, 4) is 0 Å². The number of rotatable bonds is 2. The zero-order valence-corrected chi connectivity index (χ0v) is 9.37. The third-order valence-electron chi connectivity index (χ3n) is 2.31. The van der Waals surface area contributed by atoms with E-state index in [-0.39, 0.29) is 6.03 Å². The van der Waals surface area contributed by atoms with Crippen molar-refractivity contribution >= 4 is 11.7 Å². The van der Waals surface area contributed by atoms with Crippen LogP contribution < -0.4 is 11.1 Å². The molecule has 0 saturated heterocycles. The van der Waals surface area contributed by atoms with Gasteiger partial charge in [-0.25, -0.2) is 4.79 Å². The number of benzene rings is 1. The maximum absolute atomic E-state index is 11.4. The van der Waals surface area contributed by atoms with E-state index >= 15 is 0 Å². The number of carbonyl (C=O) groups excluding carboxylic acids is 1. The average Bonchev–Trinajstić information content (AvgIpc) is 2.21. The van der Waals surface area contributed by atoms with E-state index in [4.69, 9.17) is 5.73 Å². The summed E-state index contributed by atoms with van der Waals surface area (Å²) in [4.78, 5) is 12.9. The van der Waals surface area contributed by atoms with Crippen LogP contribution in [0.3, 0.4) is 0 Å². The van der Waals surface area contributed by atoms with Gasteiger partial charge < -0.3 is 16.0 Å². The first-order chi connectivity index (χ1) is 7.06. The smallest absolute Gasteiger partial charge is 0.321 e. The first-order valence-electron chi connectivity index (χ1n) is 4.83. The summed E-state index contributed by atoms with van der Waals surface area (Å²) in [5.74, 6) is 0. The van der Waals surface area contributed by atoms with Crippen molar-refractivity contribution in [1.82, 2.24) is 4.90 Å². The van der Waals surface area contributed by atoms with Crippen molar-refractivity contribution in [2.45, 2.75) is 13.5 Å². The van der Waals surface area contributed by atoms with E-state index in [1.54, 1.807) is 14.1 Å². The third-order valence-corrected chi connectivity index (χ3v) is 2.31. The molecule has 0 spiro atoms. The maximum Gasteiger partial charge on any atom is 0.321 e. The zero-order valence-electron chi connectivity index (χ0n) is 9.37. The summed E-state index contributed by atoms with van der Waals surface area (Å²) in [6.45, 7) is 2.44. The van der Waals surface area contributed by atoms with Gasteiger partial charge in [-0.3, -0.25) is 0 Å². The topological polar surface area (TPSA) is 58.4 Å². The van der Waals surface area contributed by atoms with Gasteiger partial charge in [0.1, 0.15) is 0 Å². The zero-order chi connectivity index (χ0) is 11.4. The Kier molecular flexibility index (Phi) is 3.68. The summed E-state index contributed by atoms with van der Waals surface area (Å²) in [6.07, 6.45) is 0. The molecule has 4 nitrogen and oxygen atoms in total. The molecule has 0 aliphatic heterocycles. The summed E-state index contributed by atoms with van der Waals surface area (Å²) in [7, 11) is 3.41. The summed E-state index contributed by atoms with van der Waals surface area (Å²) >= 11 is 0. The second-order valence-corrected chi connectivity index (χ2v) is 3.62. The average molecular weight is 207 g/mol. The first-order valence-corrected chi connectivity index (χ1v) is 4.83. The lowest BCUT2D eigenvalue weighted by Crippen LogP contribution is -2.27. The quantitative estimate of drug-likeness (QED) is 0.773. The van der Waals surface area contributed by atoms with E-state index < -0.39 is 0 Å². The molecule has 0 radical (unpaired) electrons. The number of nitrogens with two attached hydrogens (primary N) is 1. The fourth-order valence-corrected chi connectivity index (χ4v) is 1.27. The van der Waals surface area contributed by atoms with Crippen LogP contribution in [0.2, 0.25) is 0 Å². The summed E-state index contributed by atoms with van der Waals surface area (Å²) in [5, 5.41) is 2.82. The molecule has 0 heterocycles. The van der Waals surface area contributed by atoms with Gasteiger partial charge in [0.25, 0.3) is 0 Å². The highest BCUT2D eigenvalue weighted by Gasteiger charge is 2.07. The molecule has 1 aromatic carbocycles. The van der Waals surface area contributed by atoms with Crippen LogP contribution in [0.1, 0.15) is 11.1 Å². The fraction of sp³-hybridized carbons (Fsp3) is 0.364. The molecule has 0 atom stereocenters. The van der Waals surface area contributed by atoms with Gasteiger partial charge >= 0.3 is 6.03 Å². The Balaban J connectivity index is 2.91. The fourth-order valence-electron chi connectivity index (χ4n) is 1.27. The third kappa shape index (κ3) is 2.70. The molecule has 1 rings (SSSR count). The number of nitrogens with zero attached hydrogens (tertiary/aromatic N) is 1. The lowest BCUT2D eigenvalue weighted by Gasteiger charge is -2.15. The second-order valence-electron chi connectivity index (χ2n) is 3.62. The standard InChI is InChI=1S/C11H17N3O/c1-8-9(7-12)5-4-6-10(8)13-11(15)14(2)3/h4-6H,7,12H2,1-3H3,(H,13,15). The van der Waals surface area contributed by atoms with Crippen LogP contribution in [0, 0.1) is 6.92 Å². The molecule has 0 unspecified atom stereocenters. The molecule has 3 N–H and O–H groups in total. The van der Waals surface area contributed by atoms with Crippen molar-refractivity contribution in [2.75, 3.05) is 19.4 Å². The molecule has 0 aliphatic carbocycles. The molecule has 0 bridgehead atoms. The van der Waals surface area contributed by atoms with Crippen molar-refractivity contribution in [2.24, 2.45) is 5.73 Å². The molecule has 4 heteroatoms. The van der Waals surface area contributed by atoms with Crippen LogP contribution in [-0.4, -0.2) is 25.0 Å². The van der Waals surface area contributed by atoms with Gasteiger partial charge in [-0.1, -0.05) is 12.1 Å². The molecule has 0 saturated carbocycles. The van der Waals surface area contributed by atoms with E-state index in [1.165, 1.54) is 4.90 Å². The SMILES string of the molecule is Cc1c(CN)cccc1NC(=O)N(C)C. The number of urea groups is 1. The molecular weight excluding hydrogens is 190 g/mol. The van der Waals surface area contributed by atoms with Crippen molar-refractivity contribution in [1.29, 1.82) is 0 Å². The van der Waals surface area contributed by atoms with Crippen molar-refractivity contribution in [3.05, 3.63) is 29.3 Å². The van der Waals surface area contributed by atoms with Gasteiger partial charge in [0.2, 0.25) is 0 Å². The Morgan fingerprint density at radius 1 is 1.47 bits per heavy atom. The van der Waals surface area contributed by atoms with Crippen molar-refractivity contribution in [3.63, 3.8) is 0 Å². The summed E-state index contributed by atoms with van der Waals surface area (Å²) in [5.41, 5.74) is 8.47. The normalized spacial score (nSPS) is 9.87. The van der Waals surface area contributed by atoms with Gasteiger partial charge in [0.05, 0.1) is 0 Å². The van der Waals surface area contributed by atoms with E-state index in [9.17, 15) is 4.79 Å². The Morgan fingerprint density at radius 2 is 2.13 bits per heavy atom. The minimum absolute atomic E-state index is 0.132. The number of anilines is 1. The first kappa shape index (κ1) is 11.5. The molecule has 0 aliphatic rings. The molecular formula is C11H17N3O. The van der Waals surface area contributed by atoms with Crippen LogP contribution in [0.15, 0.2) is 18.2 Å². The van der Waals surface area contributed by atoms with E-state index in [0.717, 1.165) is 16.8 Å². The summed E-state index contributed by atoms with van der Waals surface area (Å²) < 4.78 is 0. The Hall–Kier alpha value is -1.55. The molecule has 1 aromatic rings. The molecule has 0 aromatic heterocycles. The number of carbonyl (C=O) groups is 1. The highest BCUT2D eigenvalue weighted by Crippen LogP contribution is 2.18. The minimum Gasteiger partial charge on any atom is -0.331 e. The number of nitrogens with one attached hydrogen (secondary N) is 1. The van der Waals surface area contributed by atoms with E-state index in [0.29, 0.717) is 6.54 Å². The molecule has 0 fully saturated rings. The molecule has 82 valence electrons. The number of hydrogen-bond acceptors (Lipinski definition) is 2. The van der Waals surface area contributed by atoms with Crippen molar-refractivity contribution < 1.29 is 4.79 Å². The highest BCUT2D eigenvalue weighted by molar-refractivity contribution is 5.89. The predicted molar refractivity (Wildman–Crippen MR) is 61.8 cm³/mol. The van der Waals surface area contributed by atoms with E-state index in [2.05, 4.69) is 5.32 Å². The highest BCUT2D eigenvalue weighted by atomic mass is 16.2. The minimum atomic E-state index is -0.132. The van der Waals surface area contributed by atoms with Crippen LogP contribution in [0.4, 0.5) is 10.5 Å². The van der Waals surface area contributed by atoms with Gasteiger partial charge in [-0.15, -0.1) is 0 Å². The lowest BCUT2D eigenvalue weighted by molar-refractivity contribution is 0.230. The Labute approximate surface area is 90.1 Å². The number of hydrogen-bond donors (Lipinski definition) is 2. The maximum atomic E-state index is 11.4. The van der Waals surface area contributed by atoms with Crippen LogP contribution >= 0.6 is 0 Å². The van der Waals surface area contributed by atoms with Crippen LogP contribution in [0.5, 0.6) is 0 Å². The molecule has 15 heavy (non-hydrogen) atoms. The van der Waals surface area contributed by atoms with Gasteiger partial charge in [-0.2, -0.15) is 0 Å². The van der Waals surface area contributed by atoms with Gasteiger partial charge in [0.15, 0.2) is 0 Å². The largest absolute Gasteiger partial charge is 0.331 e. The predicted octanol–water partition coefficient (Wildman–Crippen LogP) is 1.55. The van der Waals surface area contributed by atoms with Crippen LogP contribution in [0.25, 0.3) is 0 Å². The Bertz CT molecular complexity index is 361. The summed E-state index contributed by atoms with van der Waals surface area (Å²) in [6, 6.07) is 5.59. The van der Waals surface area contributed by atoms with Crippen LogP contribution in [-0.2, 0) is 6.54 Å². The Morgan fingerprint density at radius 3 is 2.67 bits per heavy atom. The number of amides is 2. The lowest BCUT2D eigenvalue weighted by atomic mass is 10.1.